The standard InChI is InChI=1S/C17H14F2N2O3/c1-20-14-8-11(18)4-5-12(14)16(22)21(17(20)23)9-10-3-6-15(24-2)13(19)7-10/h3-8H,9H2,1-2H3. The third-order valence-electron chi connectivity index (χ3n) is 3.87. The second-order valence-electron chi connectivity index (χ2n) is 5.36. The normalized spacial score (nSPS) is 11.0. The molecule has 24 heavy (non-hydrogen) atoms. The number of hydrogen-bond acceptors (Lipinski definition) is 3. The van der Waals surface area contributed by atoms with Crippen LogP contribution in [0.2, 0.25) is 0 Å². The number of ether oxygens (including phenoxy) is 1. The SMILES string of the molecule is COc1ccc(Cn2c(=O)c3ccc(F)cc3n(C)c2=O)cc1F. The zero-order chi connectivity index (χ0) is 17.4. The summed E-state index contributed by atoms with van der Waals surface area (Å²) in [4.78, 5) is 24.9. The molecular weight excluding hydrogens is 318 g/mol. The lowest BCUT2D eigenvalue weighted by atomic mass is 10.2. The van der Waals surface area contributed by atoms with Crippen LogP contribution in [0.1, 0.15) is 5.56 Å². The van der Waals surface area contributed by atoms with Crippen molar-refractivity contribution in [2.24, 2.45) is 7.05 Å². The Kier molecular flexibility index (Phi) is 3.92. The fourth-order valence-electron chi connectivity index (χ4n) is 2.61. The summed E-state index contributed by atoms with van der Waals surface area (Å²) in [5.74, 6) is -1.04. The van der Waals surface area contributed by atoms with Crippen molar-refractivity contribution >= 4 is 10.9 Å². The summed E-state index contributed by atoms with van der Waals surface area (Å²) < 4.78 is 34.2. The molecule has 1 heterocycles. The van der Waals surface area contributed by atoms with Gasteiger partial charge in [-0.05, 0) is 35.9 Å². The fraction of sp³-hybridized carbons (Fsp3) is 0.176. The first-order chi connectivity index (χ1) is 11.4. The van der Waals surface area contributed by atoms with E-state index in [9.17, 15) is 18.4 Å². The maximum absolute atomic E-state index is 13.8. The highest BCUT2D eigenvalue weighted by atomic mass is 19.1. The number of aromatic nitrogens is 2. The molecule has 0 saturated heterocycles. The van der Waals surface area contributed by atoms with Crippen LogP contribution in [0.4, 0.5) is 8.78 Å². The molecule has 0 saturated carbocycles. The third-order valence-corrected chi connectivity index (χ3v) is 3.87. The van der Waals surface area contributed by atoms with Crippen molar-refractivity contribution in [1.29, 1.82) is 0 Å². The first kappa shape index (κ1) is 15.9. The molecule has 0 aliphatic carbocycles. The Hall–Kier alpha value is -2.96. The zero-order valence-corrected chi connectivity index (χ0v) is 13.0. The van der Waals surface area contributed by atoms with Gasteiger partial charge in [-0.15, -0.1) is 0 Å². The quantitative estimate of drug-likeness (QED) is 0.737. The van der Waals surface area contributed by atoms with Crippen molar-refractivity contribution in [3.63, 3.8) is 0 Å². The van der Waals surface area contributed by atoms with E-state index in [1.807, 2.05) is 0 Å². The van der Waals surface area contributed by atoms with Gasteiger partial charge in [-0.2, -0.15) is 0 Å². The van der Waals surface area contributed by atoms with E-state index >= 15 is 0 Å². The lowest BCUT2D eigenvalue weighted by Crippen LogP contribution is -2.39. The van der Waals surface area contributed by atoms with Crippen LogP contribution in [0, 0.1) is 11.6 Å². The Morgan fingerprint density at radius 1 is 1.08 bits per heavy atom. The molecule has 2 aromatic carbocycles. The number of fused-ring (bicyclic) bond motifs is 1. The Labute approximate surface area is 135 Å². The highest BCUT2D eigenvalue weighted by molar-refractivity contribution is 5.77. The molecule has 0 aliphatic heterocycles. The molecule has 0 fully saturated rings. The highest BCUT2D eigenvalue weighted by Crippen LogP contribution is 2.18. The number of rotatable bonds is 3. The van der Waals surface area contributed by atoms with Crippen LogP contribution in [0.5, 0.6) is 5.75 Å². The molecule has 0 spiro atoms. The monoisotopic (exact) mass is 332 g/mol. The molecule has 0 unspecified atom stereocenters. The van der Waals surface area contributed by atoms with Gasteiger partial charge in [0, 0.05) is 7.05 Å². The van der Waals surface area contributed by atoms with E-state index in [0.717, 1.165) is 16.7 Å². The van der Waals surface area contributed by atoms with Gasteiger partial charge in [0.2, 0.25) is 0 Å². The van der Waals surface area contributed by atoms with Crippen LogP contribution in [-0.4, -0.2) is 16.2 Å². The Morgan fingerprint density at radius 3 is 2.50 bits per heavy atom. The lowest BCUT2D eigenvalue weighted by molar-refractivity contribution is 0.386. The van der Waals surface area contributed by atoms with Crippen molar-refractivity contribution < 1.29 is 13.5 Å². The summed E-state index contributed by atoms with van der Waals surface area (Å²) in [6.45, 7) is -0.0975. The van der Waals surface area contributed by atoms with Crippen LogP contribution in [0.3, 0.4) is 0 Å². The molecule has 0 N–H and O–H groups in total. The maximum Gasteiger partial charge on any atom is 0.331 e. The van der Waals surface area contributed by atoms with Gasteiger partial charge >= 0.3 is 5.69 Å². The molecule has 7 heteroatoms. The smallest absolute Gasteiger partial charge is 0.331 e. The van der Waals surface area contributed by atoms with Gasteiger partial charge in [0.05, 0.1) is 24.6 Å². The highest BCUT2D eigenvalue weighted by Gasteiger charge is 2.13. The van der Waals surface area contributed by atoms with Crippen LogP contribution >= 0.6 is 0 Å². The molecule has 0 aliphatic rings. The van der Waals surface area contributed by atoms with Crippen LogP contribution in [0.25, 0.3) is 10.9 Å². The largest absolute Gasteiger partial charge is 0.494 e. The minimum Gasteiger partial charge on any atom is -0.494 e. The van der Waals surface area contributed by atoms with E-state index in [0.29, 0.717) is 5.56 Å². The van der Waals surface area contributed by atoms with E-state index in [4.69, 9.17) is 4.74 Å². The number of halogens is 2. The number of hydrogen-bond donors (Lipinski definition) is 0. The van der Waals surface area contributed by atoms with Gasteiger partial charge in [-0.3, -0.25) is 13.9 Å². The van der Waals surface area contributed by atoms with Crippen molar-refractivity contribution in [2.75, 3.05) is 7.11 Å². The first-order valence-corrected chi connectivity index (χ1v) is 7.14. The number of aryl methyl sites for hydroxylation is 1. The molecular formula is C17H14F2N2O3. The Morgan fingerprint density at radius 2 is 1.83 bits per heavy atom. The van der Waals surface area contributed by atoms with Crippen molar-refractivity contribution in [2.45, 2.75) is 6.54 Å². The molecule has 0 atom stereocenters. The minimum absolute atomic E-state index is 0.0768. The molecule has 0 radical (unpaired) electrons. The maximum atomic E-state index is 13.8. The summed E-state index contributed by atoms with van der Waals surface area (Å²) in [6, 6.07) is 7.83. The number of nitrogens with zero attached hydrogens (tertiary/aromatic N) is 2. The van der Waals surface area contributed by atoms with E-state index in [1.54, 1.807) is 6.07 Å². The van der Waals surface area contributed by atoms with E-state index < -0.39 is 22.9 Å². The number of methoxy groups -OCH3 is 1. The number of benzene rings is 2. The second-order valence-corrected chi connectivity index (χ2v) is 5.36. The summed E-state index contributed by atoms with van der Waals surface area (Å²) >= 11 is 0. The van der Waals surface area contributed by atoms with Crippen LogP contribution in [-0.2, 0) is 13.6 Å². The molecule has 1 aromatic heterocycles. The molecule has 5 nitrogen and oxygen atoms in total. The van der Waals surface area contributed by atoms with Crippen molar-refractivity contribution in [3.05, 3.63) is 74.4 Å². The topological polar surface area (TPSA) is 53.2 Å². The van der Waals surface area contributed by atoms with Gasteiger partial charge in [-0.1, -0.05) is 6.07 Å². The zero-order valence-electron chi connectivity index (χ0n) is 13.0. The first-order valence-electron chi connectivity index (χ1n) is 7.14. The van der Waals surface area contributed by atoms with Crippen LogP contribution in [0.15, 0.2) is 46.0 Å². The molecule has 3 aromatic rings. The fourth-order valence-corrected chi connectivity index (χ4v) is 2.61. The van der Waals surface area contributed by atoms with Gasteiger partial charge in [0.15, 0.2) is 11.6 Å². The van der Waals surface area contributed by atoms with E-state index in [2.05, 4.69) is 0 Å². The van der Waals surface area contributed by atoms with E-state index in [1.165, 1.54) is 36.9 Å². The molecule has 0 bridgehead atoms. The van der Waals surface area contributed by atoms with Crippen LogP contribution < -0.4 is 16.0 Å². The summed E-state index contributed by atoms with van der Waals surface area (Å²) in [5.41, 5.74) is -0.505. The van der Waals surface area contributed by atoms with Gasteiger partial charge in [0.1, 0.15) is 5.82 Å². The average molecular weight is 332 g/mol. The van der Waals surface area contributed by atoms with Gasteiger partial charge in [-0.25, -0.2) is 13.6 Å². The van der Waals surface area contributed by atoms with Crippen molar-refractivity contribution in [1.82, 2.24) is 9.13 Å². The predicted octanol–water partition coefficient (Wildman–Crippen LogP) is 2.04. The lowest BCUT2D eigenvalue weighted by Gasteiger charge is -2.11. The second kappa shape index (κ2) is 5.92. The van der Waals surface area contributed by atoms with E-state index in [-0.39, 0.29) is 23.2 Å². The Bertz CT molecular complexity index is 1050. The minimum atomic E-state index is -0.602. The molecule has 124 valence electrons. The summed E-state index contributed by atoms with van der Waals surface area (Å²) in [6.07, 6.45) is 0. The average Bonchev–Trinajstić information content (AvgIpc) is 2.57. The predicted molar refractivity (Wildman–Crippen MR) is 85.5 cm³/mol. The Balaban J connectivity index is 2.17. The van der Waals surface area contributed by atoms with Gasteiger partial charge in [0.25, 0.3) is 5.56 Å². The molecule has 0 amide bonds. The third kappa shape index (κ3) is 2.58. The van der Waals surface area contributed by atoms with Crippen molar-refractivity contribution in [3.8, 4) is 5.75 Å². The summed E-state index contributed by atoms with van der Waals surface area (Å²) in [7, 11) is 2.80. The summed E-state index contributed by atoms with van der Waals surface area (Å²) in [5, 5.41) is 0.215. The van der Waals surface area contributed by atoms with Gasteiger partial charge < -0.3 is 4.74 Å². The molecule has 3 rings (SSSR count).